The Labute approximate surface area is 214 Å². The van der Waals surface area contributed by atoms with Crippen molar-refractivity contribution < 1.29 is 14.3 Å². The molecule has 182 valence electrons. The quantitative estimate of drug-likeness (QED) is 0.284. The Kier molecular flexibility index (Phi) is 7.79. The number of nitrogens with zero attached hydrogens (tertiary/aromatic N) is 3. The van der Waals surface area contributed by atoms with Crippen LogP contribution in [-0.4, -0.2) is 52.6 Å². The Morgan fingerprint density at radius 2 is 2.03 bits per heavy atom. The van der Waals surface area contributed by atoms with Gasteiger partial charge >= 0.3 is 0 Å². The molecular formula is C27H28ClN3O3S. The first-order valence-electron chi connectivity index (χ1n) is 11.9. The third-order valence-corrected chi connectivity index (χ3v) is 7.34. The van der Waals surface area contributed by atoms with Crippen LogP contribution in [0.3, 0.4) is 0 Å². The molecule has 8 heteroatoms. The first-order valence-corrected chi connectivity index (χ1v) is 13.1. The summed E-state index contributed by atoms with van der Waals surface area (Å²) in [5, 5.41) is 2.83. The Balaban J connectivity index is 1.24. The molecule has 35 heavy (non-hydrogen) atoms. The number of amides is 1. The number of hydrogen-bond donors (Lipinski definition) is 0. The van der Waals surface area contributed by atoms with Crippen LogP contribution in [0.2, 0.25) is 5.02 Å². The van der Waals surface area contributed by atoms with E-state index >= 15 is 0 Å². The molecule has 5 rings (SSSR count). The van der Waals surface area contributed by atoms with Crippen LogP contribution in [0.1, 0.15) is 24.1 Å². The molecule has 1 fully saturated rings. The lowest BCUT2D eigenvalue weighted by molar-refractivity contribution is -0.138. The van der Waals surface area contributed by atoms with Crippen LogP contribution >= 0.6 is 22.9 Å². The number of carbonyl (C=O) groups is 1. The van der Waals surface area contributed by atoms with Crippen LogP contribution in [0.5, 0.6) is 0 Å². The van der Waals surface area contributed by atoms with Crippen molar-refractivity contribution in [1.82, 2.24) is 14.3 Å². The van der Waals surface area contributed by atoms with Crippen molar-refractivity contribution in [1.29, 1.82) is 0 Å². The van der Waals surface area contributed by atoms with E-state index in [0.29, 0.717) is 24.7 Å². The van der Waals surface area contributed by atoms with E-state index in [0.717, 1.165) is 53.3 Å². The molecule has 1 unspecified atom stereocenters. The first kappa shape index (κ1) is 24.0. The predicted molar refractivity (Wildman–Crippen MR) is 139 cm³/mol. The number of fused-ring (bicyclic) bond motifs is 1. The van der Waals surface area contributed by atoms with Crippen molar-refractivity contribution >= 4 is 33.8 Å². The number of carbonyl (C=O) groups excluding carboxylic acids is 1. The van der Waals surface area contributed by atoms with Crippen LogP contribution in [-0.2, 0) is 27.3 Å². The van der Waals surface area contributed by atoms with Crippen LogP contribution < -0.4 is 0 Å². The van der Waals surface area contributed by atoms with Gasteiger partial charge in [-0.1, -0.05) is 54.1 Å². The zero-order valence-electron chi connectivity index (χ0n) is 19.4. The van der Waals surface area contributed by atoms with Crippen molar-refractivity contribution in [2.24, 2.45) is 0 Å². The number of imidazole rings is 1. The Hall–Kier alpha value is -2.71. The summed E-state index contributed by atoms with van der Waals surface area (Å²) in [6.07, 6.45) is 4.92. The largest absolute Gasteiger partial charge is 0.376 e. The molecule has 0 spiro atoms. The average molecular weight is 510 g/mol. The summed E-state index contributed by atoms with van der Waals surface area (Å²) in [6.45, 7) is 2.46. The van der Waals surface area contributed by atoms with E-state index < -0.39 is 0 Å². The second-order valence-electron chi connectivity index (χ2n) is 8.72. The lowest BCUT2D eigenvalue weighted by Crippen LogP contribution is -2.40. The summed E-state index contributed by atoms with van der Waals surface area (Å²) in [7, 11) is 0. The normalized spacial score (nSPS) is 15.6. The fourth-order valence-corrected chi connectivity index (χ4v) is 5.33. The van der Waals surface area contributed by atoms with Gasteiger partial charge in [-0.2, -0.15) is 0 Å². The van der Waals surface area contributed by atoms with Gasteiger partial charge in [-0.3, -0.25) is 9.20 Å². The molecule has 2 aromatic heterocycles. The summed E-state index contributed by atoms with van der Waals surface area (Å²) < 4.78 is 13.7. The standard InChI is InChI=1S/C27H28ClN3O3S/c28-22-10-8-21(9-11-22)25-16-31-23(19-35-27(31)29-25)12-13-30(15-24-7-4-14-34-24)26(32)18-33-17-20-5-2-1-3-6-20/h1-3,5-6,8-11,16,19,24H,4,7,12-15,17-18H2. The lowest BCUT2D eigenvalue weighted by Gasteiger charge is -2.25. The zero-order valence-corrected chi connectivity index (χ0v) is 21.0. The van der Waals surface area contributed by atoms with Crippen molar-refractivity contribution in [2.75, 3.05) is 26.3 Å². The highest BCUT2D eigenvalue weighted by molar-refractivity contribution is 7.15. The van der Waals surface area contributed by atoms with Crippen molar-refractivity contribution in [3.63, 3.8) is 0 Å². The lowest BCUT2D eigenvalue weighted by atomic mass is 10.2. The Morgan fingerprint density at radius 3 is 2.80 bits per heavy atom. The molecular weight excluding hydrogens is 482 g/mol. The predicted octanol–water partition coefficient (Wildman–Crippen LogP) is 5.48. The number of hydrogen-bond acceptors (Lipinski definition) is 5. The van der Waals surface area contributed by atoms with E-state index in [1.54, 1.807) is 11.3 Å². The second-order valence-corrected chi connectivity index (χ2v) is 9.99. The van der Waals surface area contributed by atoms with E-state index in [1.165, 1.54) is 0 Å². The number of halogens is 1. The van der Waals surface area contributed by atoms with Gasteiger partial charge in [0, 0.05) is 54.0 Å². The second kappa shape index (κ2) is 11.4. The minimum absolute atomic E-state index is 0.00427. The van der Waals surface area contributed by atoms with Gasteiger partial charge in [-0.25, -0.2) is 4.98 Å². The summed E-state index contributed by atoms with van der Waals surface area (Å²) in [6, 6.07) is 17.6. The molecule has 1 aliphatic rings. The van der Waals surface area contributed by atoms with Crippen molar-refractivity contribution in [3.05, 3.63) is 82.5 Å². The van der Waals surface area contributed by atoms with Crippen LogP contribution in [0, 0.1) is 0 Å². The number of ether oxygens (including phenoxy) is 2. The highest BCUT2D eigenvalue weighted by atomic mass is 35.5. The minimum Gasteiger partial charge on any atom is -0.376 e. The third-order valence-electron chi connectivity index (χ3n) is 6.20. The van der Waals surface area contributed by atoms with Gasteiger partial charge < -0.3 is 14.4 Å². The molecule has 6 nitrogen and oxygen atoms in total. The molecule has 0 saturated carbocycles. The van der Waals surface area contributed by atoms with E-state index in [2.05, 4.69) is 16.0 Å². The SMILES string of the molecule is O=C(COCc1ccccc1)N(CCc1csc2nc(-c3ccc(Cl)cc3)cn12)CC1CCCO1. The molecule has 0 radical (unpaired) electrons. The van der Waals surface area contributed by atoms with Gasteiger partial charge in [0.15, 0.2) is 4.96 Å². The van der Waals surface area contributed by atoms with Crippen molar-refractivity contribution in [2.45, 2.75) is 32.0 Å². The van der Waals surface area contributed by atoms with E-state index in [-0.39, 0.29) is 18.6 Å². The Bertz CT molecular complexity index is 1250. The summed E-state index contributed by atoms with van der Waals surface area (Å²) in [5.74, 6) is -0.00427. The Morgan fingerprint density at radius 1 is 1.20 bits per heavy atom. The summed E-state index contributed by atoms with van der Waals surface area (Å²) in [4.78, 5) is 20.7. The average Bonchev–Trinajstić information content (AvgIpc) is 3.61. The highest BCUT2D eigenvalue weighted by Crippen LogP contribution is 2.25. The van der Waals surface area contributed by atoms with Crippen LogP contribution in [0.4, 0.5) is 0 Å². The maximum Gasteiger partial charge on any atom is 0.248 e. The molecule has 4 aromatic rings. The van der Waals surface area contributed by atoms with Gasteiger partial charge in [0.1, 0.15) is 6.61 Å². The fraction of sp³-hybridized carbons (Fsp3) is 0.333. The number of rotatable bonds is 10. The van der Waals surface area contributed by atoms with Gasteiger partial charge in [-0.15, -0.1) is 11.3 Å². The topological polar surface area (TPSA) is 56.1 Å². The van der Waals surface area contributed by atoms with Crippen LogP contribution in [0.15, 0.2) is 66.2 Å². The maximum absolute atomic E-state index is 13.1. The third kappa shape index (κ3) is 6.11. The monoisotopic (exact) mass is 509 g/mol. The van der Waals surface area contributed by atoms with Gasteiger partial charge in [0.2, 0.25) is 5.91 Å². The minimum atomic E-state index is -0.00427. The van der Waals surface area contributed by atoms with E-state index in [1.807, 2.05) is 59.5 Å². The molecule has 0 N–H and O–H groups in total. The smallest absolute Gasteiger partial charge is 0.248 e. The molecule has 0 aliphatic carbocycles. The molecule has 0 bridgehead atoms. The van der Waals surface area contributed by atoms with Gasteiger partial charge in [0.25, 0.3) is 0 Å². The molecule has 1 saturated heterocycles. The number of aromatic nitrogens is 2. The summed E-state index contributed by atoms with van der Waals surface area (Å²) in [5.41, 5.74) is 4.13. The van der Waals surface area contributed by atoms with Crippen molar-refractivity contribution in [3.8, 4) is 11.3 Å². The summed E-state index contributed by atoms with van der Waals surface area (Å²) >= 11 is 7.64. The fourth-order valence-electron chi connectivity index (χ4n) is 4.29. The highest BCUT2D eigenvalue weighted by Gasteiger charge is 2.23. The maximum atomic E-state index is 13.1. The van der Waals surface area contributed by atoms with Gasteiger partial charge in [0.05, 0.1) is 18.4 Å². The van der Waals surface area contributed by atoms with E-state index in [4.69, 9.17) is 26.1 Å². The van der Waals surface area contributed by atoms with Gasteiger partial charge in [-0.05, 0) is 30.5 Å². The molecule has 2 aromatic carbocycles. The molecule has 1 amide bonds. The number of thiazole rings is 1. The molecule has 1 aliphatic heterocycles. The zero-order chi connectivity index (χ0) is 24.0. The first-order chi connectivity index (χ1) is 17.2. The number of benzene rings is 2. The molecule has 1 atom stereocenters. The molecule has 3 heterocycles. The van der Waals surface area contributed by atoms with E-state index in [9.17, 15) is 4.79 Å². The van der Waals surface area contributed by atoms with Crippen LogP contribution in [0.25, 0.3) is 16.2 Å².